The van der Waals surface area contributed by atoms with E-state index < -0.39 is 11.9 Å². The molecule has 0 saturated heterocycles. The minimum atomic E-state index is -0.830. The Morgan fingerprint density at radius 1 is 1.10 bits per heavy atom. The highest BCUT2D eigenvalue weighted by molar-refractivity contribution is 6.30. The molecule has 0 heterocycles. The van der Waals surface area contributed by atoms with Gasteiger partial charge in [-0.15, -0.1) is 0 Å². The van der Waals surface area contributed by atoms with Gasteiger partial charge in [-0.25, -0.2) is 4.39 Å². The highest BCUT2D eigenvalue weighted by atomic mass is 35.5. The lowest BCUT2D eigenvalue weighted by Gasteiger charge is -2.13. The van der Waals surface area contributed by atoms with E-state index in [-0.39, 0.29) is 5.02 Å². The lowest BCUT2D eigenvalue weighted by Crippen LogP contribution is -2.01. The van der Waals surface area contributed by atoms with Gasteiger partial charge in [0.1, 0.15) is 17.7 Å². The number of rotatable bonds is 4. The third kappa shape index (κ3) is 2.94. The monoisotopic (exact) mass is 292 g/mol. The molecule has 0 aromatic heterocycles. The molecule has 0 bridgehead atoms. The van der Waals surface area contributed by atoms with E-state index in [4.69, 9.17) is 16.3 Å². The van der Waals surface area contributed by atoms with Crippen molar-refractivity contribution in [1.29, 1.82) is 0 Å². The number of hydrogen-bond donors (Lipinski definition) is 1. The average molecular weight is 293 g/mol. The molecular weight excluding hydrogens is 279 g/mol. The van der Waals surface area contributed by atoms with Crippen molar-refractivity contribution in [2.24, 2.45) is 0 Å². The second-order valence-corrected chi connectivity index (χ2v) is 5.37. The first-order valence-electron chi connectivity index (χ1n) is 6.53. The topological polar surface area (TPSA) is 29.5 Å². The summed E-state index contributed by atoms with van der Waals surface area (Å²) in [6, 6.07) is 11.5. The summed E-state index contributed by atoms with van der Waals surface area (Å²) in [5.41, 5.74) is 1.28. The van der Waals surface area contributed by atoms with Crippen LogP contribution in [0, 0.1) is 5.82 Å². The van der Waals surface area contributed by atoms with Gasteiger partial charge in [0.2, 0.25) is 0 Å². The Labute approximate surface area is 121 Å². The van der Waals surface area contributed by atoms with E-state index in [1.54, 1.807) is 12.1 Å². The molecule has 2 aromatic rings. The second kappa shape index (κ2) is 5.43. The molecule has 0 aliphatic heterocycles. The summed E-state index contributed by atoms with van der Waals surface area (Å²) in [5, 5.41) is 10.3. The van der Waals surface area contributed by atoms with Gasteiger partial charge in [-0.2, -0.15) is 0 Å². The van der Waals surface area contributed by atoms with Gasteiger partial charge in [0, 0.05) is 0 Å². The van der Waals surface area contributed by atoms with Crippen LogP contribution in [0.3, 0.4) is 0 Å². The van der Waals surface area contributed by atoms with Gasteiger partial charge in [0.25, 0.3) is 0 Å². The maximum Gasteiger partial charge on any atom is 0.141 e. The third-order valence-electron chi connectivity index (χ3n) is 3.28. The van der Waals surface area contributed by atoms with Crippen LogP contribution in [0.2, 0.25) is 5.02 Å². The number of aliphatic hydroxyl groups is 1. The SMILES string of the molecule is OC(c1ccc(OC2CC2)cc1)c1ccc(F)c(Cl)c1. The Morgan fingerprint density at radius 2 is 1.75 bits per heavy atom. The summed E-state index contributed by atoms with van der Waals surface area (Å²) in [6.45, 7) is 0. The first-order chi connectivity index (χ1) is 9.63. The minimum Gasteiger partial charge on any atom is -0.490 e. The number of aliphatic hydroxyl groups excluding tert-OH is 1. The molecule has 0 amide bonds. The average Bonchev–Trinajstić information content (AvgIpc) is 3.26. The van der Waals surface area contributed by atoms with Gasteiger partial charge >= 0.3 is 0 Å². The van der Waals surface area contributed by atoms with Gasteiger partial charge in [-0.3, -0.25) is 0 Å². The molecular formula is C16H14ClFO2. The van der Waals surface area contributed by atoms with Crippen LogP contribution in [0.15, 0.2) is 42.5 Å². The van der Waals surface area contributed by atoms with Gasteiger partial charge in [0.15, 0.2) is 0 Å². The Hall–Kier alpha value is -1.58. The highest BCUT2D eigenvalue weighted by Crippen LogP contribution is 2.29. The van der Waals surface area contributed by atoms with Crippen LogP contribution in [0.1, 0.15) is 30.1 Å². The predicted molar refractivity (Wildman–Crippen MR) is 75.6 cm³/mol. The molecule has 104 valence electrons. The molecule has 2 aromatic carbocycles. The lowest BCUT2D eigenvalue weighted by molar-refractivity contribution is 0.220. The number of benzene rings is 2. The van der Waals surface area contributed by atoms with E-state index in [9.17, 15) is 9.50 Å². The zero-order valence-electron chi connectivity index (χ0n) is 10.7. The molecule has 1 N–H and O–H groups in total. The largest absolute Gasteiger partial charge is 0.490 e. The Morgan fingerprint density at radius 3 is 2.35 bits per heavy atom. The van der Waals surface area contributed by atoms with Gasteiger partial charge in [-0.1, -0.05) is 29.8 Å². The molecule has 1 saturated carbocycles. The van der Waals surface area contributed by atoms with Crippen molar-refractivity contribution in [2.75, 3.05) is 0 Å². The van der Waals surface area contributed by atoms with Crippen molar-refractivity contribution < 1.29 is 14.2 Å². The molecule has 3 rings (SSSR count). The normalized spacial score (nSPS) is 15.9. The van der Waals surface area contributed by atoms with E-state index >= 15 is 0 Å². The Bertz CT molecular complexity index is 608. The number of ether oxygens (including phenoxy) is 1. The lowest BCUT2D eigenvalue weighted by atomic mass is 10.0. The Kier molecular flexibility index (Phi) is 3.64. The first kappa shape index (κ1) is 13.4. The van der Waals surface area contributed by atoms with E-state index in [0.717, 1.165) is 24.2 Å². The summed E-state index contributed by atoms with van der Waals surface area (Å²) in [7, 11) is 0. The zero-order valence-corrected chi connectivity index (χ0v) is 11.5. The maximum absolute atomic E-state index is 13.1. The van der Waals surface area contributed by atoms with Crippen LogP contribution < -0.4 is 4.74 Å². The quantitative estimate of drug-likeness (QED) is 0.919. The smallest absolute Gasteiger partial charge is 0.141 e. The first-order valence-corrected chi connectivity index (χ1v) is 6.91. The summed E-state index contributed by atoms with van der Waals surface area (Å²) < 4.78 is 18.8. The second-order valence-electron chi connectivity index (χ2n) is 4.96. The van der Waals surface area contributed by atoms with E-state index in [0.29, 0.717) is 11.7 Å². The van der Waals surface area contributed by atoms with Gasteiger partial charge < -0.3 is 9.84 Å². The van der Waals surface area contributed by atoms with E-state index in [2.05, 4.69) is 0 Å². The molecule has 1 aliphatic rings. The highest BCUT2D eigenvalue weighted by Gasteiger charge is 2.23. The fourth-order valence-corrected chi connectivity index (χ4v) is 2.17. The summed E-state index contributed by atoms with van der Waals surface area (Å²) >= 11 is 5.73. The third-order valence-corrected chi connectivity index (χ3v) is 3.57. The minimum absolute atomic E-state index is 0.00948. The van der Waals surface area contributed by atoms with Gasteiger partial charge in [0.05, 0.1) is 11.1 Å². The molecule has 2 nitrogen and oxygen atoms in total. The maximum atomic E-state index is 13.1. The summed E-state index contributed by atoms with van der Waals surface area (Å²) in [6.07, 6.45) is 1.74. The van der Waals surface area contributed by atoms with Crippen LogP contribution in [0.25, 0.3) is 0 Å². The molecule has 1 fully saturated rings. The van der Waals surface area contributed by atoms with Crippen LogP contribution >= 0.6 is 11.6 Å². The fraction of sp³-hybridized carbons (Fsp3) is 0.250. The van der Waals surface area contributed by atoms with Crippen LogP contribution in [0.5, 0.6) is 5.75 Å². The Balaban J connectivity index is 1.78. The fourth-order valence-electron chi connectivity index (χ4n) is 1.98. The van der Waals surface area contributed by atoms with Crippen molar-refractivity contribution in [3.63, 3.8) is 0 Å². The number of halogens is 2. The summed E-state index contributed by atoms with van der Waals surface area (Å²) in [4.78, 5) is 0. The zero-order chi connectivity index (χ0) is 14.1. The number of hydrogen-bond acceptors (Lipinski definition) is 2. The molecule has 1 atom stereocenters. The summed E-state index contributed by atoms with van der Waals surface area (Å²) in [5.74, 6) is 0.316. The molecule has 1 unspecified atom stereocenters. The van der Waals surface area contributed by atoms with E-state index in [1.165, 1.54) is 18.2 Å². The van der Waals surface area contributed by atoms with Gasteiger partial charge in [-0.05, 0) is 48.2 Å². The molecule has 20 heavy (non-hydrogen) atoms. The molecule has 0 spiro atoms. The predicted octanol–water partition coefficient (Wildman–Crippen LogP) is 4.10. The van der Waals surface area contributed by atoms with E-state index in [1.807, 2.05) is 12.1 Å². The van der Waals surface area contributed by atoms with Crippen LogP contribution in [0.4, 0.5) is 4.39 Å². The molecule has 0 radical (unpaired) electrons. The van der Waals surface area contributed by atoms with Crippen molar-refractivity contribution >= 4 is 11.6 Å². The van der Waals surface area contributed by atoms with Crippen molar-refractivity contribution in [1.82, 2.24) is 0 Å². The van der Waals surface area contributed by atoms with Crippen LogP contribution in [-0.4, -0.2) is 11.2 Å². The standard InChI is InChI=1S/C16H14ClFO2/c17-14-9-11(3-8-15(14)18)16(19)10-1-4-12(5-2-10)20-13-6-7-13/h1-5,8-9,13,16,19H,6-7H2. The van der Waals surface area contributed by atoms with Crippen LogP contribution in [-0.2, 0) is 0 Å². The van der Waals surface area contributed by atoms with Crippen molar-refractivity contribution in [3.8, 4) is 5.75 Å². The molecule has 4 heteroatoms. The molecule has 1 aliphatic carbocycles. The van der Waals surface area contributed by atoms with Crippen molar-refractivity contribution in [2.45, 2.75) is 25.0 Å². The van der Waals surface area contributed by atoms with Crippen molar-refractivity contribution in [3.05, 3.63) is 64.4 Å².